The predicted molar refractivity (Wildman–Crippen MR) is 55.5 cm³/mol. The zero-order valence-corrected chi connectivity index (χ0v) is 9.43. The Labute approximate surface area is 89.0 Å². The first kappa shape index (κ1) is 12.0. The predicted octanol–water partition coefficient (Wildman–Crippen LogP) is 1.14. The molecule has 1 aliphatic rings. The number of ether oxygens (including phenoxy) is 1. The topological polar surface area (TPSA) is 46.6 Å². The van der Waals surface area contributed by atoms with Gasteiger partial charge in [0.25, 0.3) is 9.24 Å². The van der Waals surface area contributed by atoms with E-state index in [1.165, 1.54) is 4.31 Å². The summed E-state index contributed by atoms with van der Waals surface area (Å²) in [6.07, 6.45) is 3.20. The van der Waals surface area contributed by atoms with Crippen LogP contribution < -0.4 is 0 Å². The lowest BCUT2D eigenvalue weighted by atomic mass is 10.1. The molecule has 0 bridgehead atoms. The summed E-state index contributed by atoms with van der Waals surface area (Å²) in [5.74, 6) is 0. The Balaban J connectivity index is 2.35. The Bertz CT molecular complexity index is 283. The first-order valence-corrected chi connectivity index (χ1v) is 6.73. The third-order valence-electron chi connectivity index (χ3n) is 2.16. The van der Waals surface area contributed by atoms with E-state index in [9.17, 15) is 8.42 Å². The quantitative estimate of drug-likeness (QED) is 0.546. The molecule has 0 atom stereocenters. The van der Waals surface area contributed by atoms with Crippen molar-refractivity contribution in [3.8, 4) is 0 Å². The van der Waals surface area contributed by atoms with Gasteiger partial charge in [0, 0.05) is 23.8 Å². The van der Waals surface area contributed by atoms with E-state index in [0.29, 0.717) is 32.5 Å². The molecule has 0 unspecified atom stereocenters. The number of hydrogen-bond donors (Lipinski definition) is 0. The van der Waals surface area contributed by atoms with Crippen molar-refractivity contribution < 1.29 is 13.2 Å². The van der Waals surface area contributed by atoms with Gasteiger partial charge in [-0.2, -0.15) is 12.7 Å². The van der Waals surface area contributed by atoms with E-state index in [4.69, 9.17) is 15.4 Å². The zero-order chi connectivity index (χ0) is 10.6. The first-order valence-electron chi connectivity index (χ1n) is 4.46. The molecule has 1 aliphatic heterocycles. The standard InChI is InChI=1S/C8H14ClNO3S/c1-2-7-13-8-3-5-10(6-4-8)14(9,11)12/h2,8H,1,3-7H2. The van der Waals surface area contributed by atoms with E-state index in [0.717, 1.165) is 0 Å². The van der Waals surface area contributed by atoms with Crippen molar-refractivity contribution in [3.63, 3.8) is 0 Å². The summed E-state index contributed by atoms with van der Waals surface area (Å²) in [5, 5.41) is 0. The van der Waals surface area contributed by atoms with E-state index in [-0.39, 0.29) is 6.10 Å². The van der Waals surface area contributed by atoms with E-state index in [1.54, 1.807) is 6.08 Å². The van der Waals surface area contributed by atoms with Crippen molar-refractivity contribution >= 4 is 19.9 Å². The minimum atomic E-state index is -3.54. The van der Waals surface area contributed by atoms with Gasteiger partial charge in [0.05, 0.1) is 12.7 Å². The Hall–Kier alpha value is -0.100. The Morgan fingerprint density at radius 2 is 2.07 bits per heavy atom. The summed E-state index contributed by atoms with van der Waals surface area (Å²) >= 11 is 0. The SMILES string of the molecule is C=CCOC1CCN(S(=O)(=O)Cl)CC1. The number of nitrogens with zero attached hydrogens (tertiary/aromatic N) is 1. The summed E-state index contributed by atoms with van der Waals surface area (Å²) in [6.45, 7) is 4.94. The molecular formula is C8H14ClNO3S. The molecule has 0 aliphatic carbocycles. The van der Waals surface area contributed by atoms with Crippen LogP contribution in [0.25, 0.3) is 0 Å². The second-order valence-electron chi connectivity index (χ2n) is 3.16. The summed E-state index contributed by atoms with van der Waals surface area (Å²) in [7, 11) is 1.67. The molecule has 1 heterocycles. The zero-order valence-electron chi connectivity index (χ0n) is 7.86. The first-order chi connectivity index (χ1) is 6.54. The summed E-state index contributed by atoms with van der Waals surface area (Å²) in [5.41, 5.74) is 0. The largest absolute Gasteiger partial charge is 0.374 e. The van der Waals surface area contributed by atoms with Gasteiger partial charge in [0.2, 0.25) is 0 Å². The fourth-order valence-corrected chi connectivity index (χ4v) is 2.48. The van der Waals surface area contributed by atoms with Crippen molar-refractivity contribution in [3.05, 3.63) is 12.7 Å². The van der Waals surface area contributed by atoms with E-state index >= 15 is 0 Å². The molecule has 0 N–H and O–H groups in total. The third kappa shape index (κ3) is 3.57. The minimum absolute atomic E-state index is 0.127. The maximum Gasteiger partial charge on any atom is 0.299 e. The maximum atomic E-state index is 10.9. The van der Waals surface area contributed by atoms with Crippen molar-refractivity contribution in [2.45, 2.75) is 18.9 Å². The summed E-state index contributed by atoms with van der Waals surface area (Å²) < 4.78 is 28.6. The molecule has 82 valence electrons. The van der Waals surface area contributed by atoms with Crippen LogP contribution in [0.5, 0.6) is 0 Å². The molecule has 6 heteroatoms. The van der Waals surface area contributed by atoms with Crippen LogP contribution in [0.3, 0.4) is 0 Å². The van der Waals surface area contributed by atoms with Gasteiger partial charge in [-0.3, -0.25) is 0 Å². The molecule has 0 aromatic carbocycles. The van der Waals surface area contributed by atoms with Crippen LogP contribution >= 0.6 is 10.7 Å². The number of rotatable bonds is 4. The fraction of sp³-hybridized carbons (Fsp3) is 0.750. The molecule has 0 aromatic heterocycles. The molecule has 14 heavy (non-hydrogen) atoms. The van der Waals surface area contributed by atoms with Gasteiger partial charge in [-0.15, -0.1) is 6.58 Å². The van der Waals surface area contributed by atoms with E-state index in [2.05, 4.69) is 6.58 Å². The second-order valence-corrected chi connectivity index (χ2v) is 5.67. The van der Waals surface area contributed by atoms with Crippen molar-refractivity contribution in [1.82, 2.24) is 4.31 Å². The Kier molecular flexibility index (Phi) is 4.37. The lowest BCUT2D eigenvalue weighted by Crippen LogP contribution is -2.38. The highest BCUT2D eigenvalue weighted by Gasteiger charge is 2.26. The van der Waals surface area contributed by atoms with Crippen LogP contribution in [-0.4, -0.2) is 38.5 Å². The average molecular weight is 240 g/mol. The Morgan fingerprint density at radius 3 is 2.50 bits per heavy atom. The van der Waals surface area contributed by atoms with Crippen LogP contribution in [0.15, 0.2) is 12.7 Å². The lowest BCUT2D eigenvalue weighted by molar-refractivity contribution is 0.0385. The number of piperidine rings is 1. The molecule has 1 rings (SSSR count). The second kappa shape index (κ2) is 5.11. The van der Waals surface area contributed by atoms with Gasteiger partial charge in [-0.05, 0) is 12.8 Å². The van der Waals surface area contributed by atoms with Crippen molar-refractivity contribution in [1.29, 1.82) is 0 Å². The van der Waals surface area contributed by atoms with Crippen LogP contribution in [0.4, 0.5) is 0 Å². The molecule has 0 amide bonds. The van der Waals surface area contributed by atoms with Gasteiger partial charge < -0.3 is 4.74 Å². The van der Waals surface area contributed by atoms with Crippen molar-refractivity contribution in [2.24, 2.45) is 0 Å². The van der Waals surface area contributed by atoms with Crippen molar-refractivity contribution in [2.75, 3.05) is 19.7 Å². The van der Waals surface area contributed by atoms with Crippen LogP contribution in [0.1, 0.15) is 12.8 Å². The van der Waals surface area contributed by atoms with E-state index < -0.39 is 9.24 Å². The highest BCUT2D eigenvalue weighted by Crippen LogP contribution is 2.18. The van der Waals surface area contributed by atoms with Gasteiger partial charge in [-0.1, -0.05) is 6.08 Å². The molecule has 1 fully saturated rings. The molecule has 4 nitrogen and oxygen atoms in total. The highest BCUT2D eigenvalue weighted by atomic mass is 35.7. The highest BCUT2D eigenvalue weighted by molar-refractivity contribution is 8.11. The summed E-state index contributed by atoms with van der Waals surface area (Å²) in [4.78, 5) is 0. The fourth-order valence-electron chi connectivity index (χ4n) is 1.42. The lowest BCUT2D eigenvalue weighted by Gasteiger charge is -2.28. The average Bonchev–Trinajstić information content (AvgIpc) is 2.14. The third-order valence-corrected chi connectivity index (χ3v) is 3.73. The van der Waals surface area contributed by atoms with Gasteiger partial charge in [-0.25, -0.2) is 0 Å². The minimum Gasteiger partial charge on any atom is -0.374 e. The molecule has 0 saturated carbocycles. The normalized spacial score (nSPS) is 20.9. The monoisotopic (exact) mass is 239 g/mol. The molecule has 0 aromatic rings. The van der Waals surface area contributed by atoms with Gasteiger partial charge >= 0.3 is 0 Å². The summed E-state index contributed by atoms with van der Waals surface area (Å²) in [6, 6.07) is 0. The van der Waals surface area contributed by atoms with Gasteiger partial charge in [0.1, 0.15) is 0 Å². The smallest absolute Gasteiger partial charge is 0.299 e. The van der Waals surface area contributed by atoms with Crippen LogP contribution in [-0.2, 0) is 14.0 Å². The van der Waals surface area contributed by atoms with E-state index in [1.807, 2.05) is 0 Å². The number of halogens is 1. The maximum absolute atomic E-state index is 10.9. The Morgan fingerprint density at radius 1 is 1.50 bits per heavy atom. The molecule has 0 spiro atoms. The molecule has 0 radical (unpaired) electrons. The molecular weight excluding hydrogens is 226 g/mol. The van der Waals surface area contributed by atoms with Crippen LogP contribution in [0.2, 0.25) is 0 Å². The van der Waals surface area contributed by atoms with Crippen LogP contribution in [0, 0.1) is 0 Å². The molecule has 1 saturated heterocycles. The number of hydrogen-bond acceptors (Lipinski definition) is 3. The van der Waals surface area contributed by atoms with Gasteiger partial charge in [0.15, 0.2) is 0 Å².